The molecule has 0 radical (unpaired) electrons. The molecule has 0 saturated carbocycles. The van der Waals surface area contributed by atoms with Gasteiger partial charge in [-0.25, -0.2) is 11.5 Å². The van der Waals surface area contributed by atoms with E-state index < -0.39 is 0 Å². The Morgan fingerprint density at radius 2 is 1.05 bits per heavy atom. The SMILES string of the molecule is CCCCCCCCCCCCCC[S+]=C(N)N.[Br-]. The zero-order chi connectivity index (χ0) is 13.5. The predicted molar refractivity (Wildman–Crippen MR) is 86.7 cm³/mol. The first kappa shape index (κ1) is 21.8. The van der Waals surface area contributed by atoms with Crippen LogP contribution in [0.1, 0.15) is 84.0 Å². The molecule has 0 aromatic rings. The Hall–Kier alpha value is 0.490. The minimum Gasteiger partial charge on any atom is -1.00 e. The van der Waals surface area contributed by atoms with Gasteiger partial charge in [0.1, 0.15) is 0 Å². The van der Waals surface area contributed by atoms with Crippen molar-refractivity contribution in [3.63, 3.8) is 0 Å². The van der Waals surface area contributed by atoms with Crippen molar-refractivity contribution in [1.29, 1.82) is 0 Å². The molecule has 0 heterocycles. The molecular formula is C15H33BrN2S. The zero-order valence-electron chi connectivity index (χ0n) is 12.6. The topological polar surface area (TPSA) is 52.0 Å². The van der Waals surface area contributed by atoms with Crippen LogP contribution in [-0.4, -0.2) is 10.9 Å². The second-order valence-corrected chi connectivity index (χ2v) is 6.31. The van der Waals surface area contributed by atoms with Gasteiger partial charge in [-0.1, -0.05) is 71.1 Å². The van der Waals surface area contributed by atoms with Gasteiger partial charge < -0.3 is 17.0 Å². The monoisotopic (exact) mass is 352 g/mol. The highest BCUT2D eigenvalue weighted by atomic mass is 79.9. The van der Waals surface area contributed by atoms with Gasteiger partial charge in [0.25, 0.3) is 0 Å². The molecule has 4 N–H and O–H groups in total. The predicted octanol–water partition coefficient (Wildman–Crippen LogP) is 0.779. The van der Waals surface area contributed by atoms with Crippen molar-refractivity contribution in [1.82, 2.24) is 0 Å². The van der Waals surface area contributed by atoms with Gasteiger partial charge in [0, 0.05) is 6.42 Å². The third-order valence-electron chi connectivity index (χ3n) is 3.27. The molecule has 19 heavy (non-hydrogen) atoms. The molecule has 0 saturated heterocycles. The molecule has 0 fully saturated rings. The summed E-state index contributed by atoms with van der Waals surface area (Å²) in [5.41, 5.74) is 10.8. The number of unbranched alkanes of at least 4 members (excludes halogenated alkanes) is 11. The van der Waals surface area contributed by atoms with Gasteiger partial charge in [0.05, 0.1) is 0 Å². The van der Waals surface area contributed by atoms with Crippen LogP contribution >= 0.6 is 0 Å². The molecule has 0 aromatic carbocycles. The molecule has 0 unspecified atom stereocenters. The Balaban J connectivity index is 0. The minimum atomic E-state index is 0. The standard InChI is InChI=1S/C15H33N2S.BrH/c1-2-3-4-5-6-7-8-9-10-11-12-13-14-18-15(16)17;/h2-14,16-17H2,1H3;1H/q+1;/p-1. The van der Waals surface area contributed by atoms with Crippen LogP contribution in [-0.2, 0) is 11.4 Å². The Labute approximate surface area is 134 Å². The normalized spacial score (nSPS) is 10.1. The molecule has 0 aromatic heterocycles. The zero-order valence-corrected chi connectivity index (χ0v) is 15.0. The maximum atomic E-state index is 5.39. The molecule has 116 valence electrons. The lowest BCUT2D eigenvalue weighted by Gasteiger charge is -2.01. The fourth-order valence-electron chi connectivity index (χ4n) is 2.13. The van der Waals surface area contributed by atoms with E-state index in [1.54, 1.807) is 11.4 Å². The van der Waals surface area contributed by atoms with Crippen LogP contribution in [0.3, 0.4) is 0 Å². The van der Waals surface area contributed by atoms with E-state index in [-0.39, 0.29) is 17.0 Å². The van der Waals surface area contributed by atoms with E-state index in [1.165, 1.54) is 77.0 Å². The molecule has 0 aliphatic carbocycles. The van der Waals surface area contributed by atoms with Gasteiger partial charge in [-0.05, 0) is 6.42 Å². The molecule has 2 nitrogen and oxygen atoms in total. The molecule has 0 aliphatic rings. The van der Waals surface area contributed by atoms with Crippen LogP contribution in [0.25, 0.3) is 0 Å². The lowest BCUT2D eigenvalue weighted by molar-refractivity contribution is -0.00000417. The highest BCUT2D eigenvalue weighted by Gasteiger charge is 1.98. The van der Waals surface area contributed by atoms with Gasteiger partial charge in [-0.3, -0.25) is 0 Å². The Morgan fingerprint density at radius 3 is 1.42 bits per heavy atom. The summed E-state index contributed by atoms with van der Waals surface area (Å²) in [6, 6.07) is 0. The minimum absolute atomic E-state index is 0. The van der Waals surface area contributed by atoms with Crippen molar-refractivity contribution >= 4 is 16.5 Å². The first-order valence-electron chi connectivity index (χ1n) is 7.78. The first-order chi connectivity index (χ1) is 8.77. The lowest BCUT2D eigenvalue weighted by atomic mass is 10.1. The summed E-state index contributed by atoms with van der Waals surface area (Å²) in [7, 11) is 0. The highest BCUT2D eigenvalue weighted by molar-refractivity contribution is 7.78. The molecule has 4 heteroatoms. The van der Waals surface area contributed by atoms with Gasteiger partial charge in [0.15, 0.2) is 5.75 Å². The maximum absolute atomic E-state index is 5.39. The Morgan fingerprint density at radius 1 is 0.684 bits per heavy atom. The highest BCUT2D eigenvalue weighted by Crippen LogP contribution is 2.11. The van der Waals surface area contributed by atoms with Crippen LogP contribution in [0.4, 0.5) is 0 Å². The van der Waals surface area contributed by atoms with E-state index in [0.717, 1.165) is 5.75 Å². The fourth-order valence-corrected chi connectivity index (χ4v) is 2.72. The summed E-state index contributed by atoms with van der Waals surface area (Å²) in [6.07, 6.45) is 16.8. The van der Waals surface area contributed by atoms with Crippen LogP contribution in [0.2, 0.25) is 0 Å². The molecule has 0 rings (SSSR count). The van der Waals surface area contributed by atoms with E-state index in [0.29, 0.717) is 5.11 Å². The summed E-state index contributed by atoms with van der Waals surface area (Å²) >= 11 is 1.58. The van der Waals surface area contributed by atoms with Gasteiger partial charge in [0.2, 0.25) is 11.4 Å². The number of nitrogens with two attached hydrogens (primary N) is 2. The molecule has 0 spiro atoms. The van der Waals surface area contributed by atoms with Crippen LogP contribution in [0.5, 0.6) is 0 Å². The largest absolute Gasteiger partial charge is 1.00 e. The van der Waals surface area contributed by atoms with Crippen LogP contribution < -0.4 is 28.4 Å². The average molecular weight is 353 g/mol. The summed E-state index contributed by atoms with van der Waals surface area (Å²) < 4.78 is 0. The van der Waals surface area contributed by atoms with Crippen molar-refractivity contribution in [3.8, 4) is 0 Å². The van der Waals surface area contributed by atoms with Crippen LogP contribution in [0.15, 0.2) is 0 Å². The maximum Gasteiger partial charge on any atom is 0.314 e. The fraction of sp³-hybridized carbons (Fsp3) is 0.933. The summed E-state index contributed by atoms with van der Waals surface area (Å²) in [6.45, 7) is 2.28. The number of rotatable bonds is 13. The third-order valence-corrected chi connectivity index (χ3v) is 4.09. The third kappa shape index (κ3) is 21.0. The molecular weight excluding hydrogens is 320 g/mol. The summed E-state index contributed by atoms with van der Waals surface area (Å²) in [5.74, 6) is 1.08. The van der Waals surface area contributed by atoms with E-state index in [1.807, 2.05) is 0 Å². The molecule has 0 atom stereocenters. The second-order valence-electron chi connectivity index (χ2n) is 5.14. The second kappa shape index (κ2) is 18.5. The number of hydrogen-bond donors (Lipinski definition) is 2. The van der Waals surface area contributed by atoms with Crippen molar-refractivity contribution in [3.05, 3.63) is 0 Å². The average Bonchev–Trinajstić information content (AvgIpc) is 2.34. The van der Waals surface area contributed by atoms with E-state index in [9.17, 15) is 0 Å². The quantitative estimate of drug-likeness (QED) is 0.292. The number of hydrogen-bond acceptors (Lipinski definition) is 0. The van der Waals surface area contributed by atoms with E-state index >= 15 is 0 Å². The van der Waals surface area contributed by atoms with Gasteiger partial charge in [-0.2, -0.15) is 0 Å². The van der Waals surface area contributed by atoms with Gasteiger partial charge >= 0.3 is 5.11 Å². The van der Waals surface area contributed by atoms with Gasteiger partial charge in [-0.15, -0.1) is 0 Å². The molecule has 0 bridgehead atoms. The Kier molecular flexibility index (Phi) is 21.2. The Bertz CT molecular complexity index is 195. The molecule has 0 aliphatic heterocycles. The van der Waals surface area contributed by atoms with Crippen molar-refractivity contribution < 1.29 is 17.0 Å². The smallest absolute Gasteiger partial charge is 0.314 e. The number of halogens is 1. The summed E-state index contributed by atoms with van der Waals surface area (Å²) in [4.78, 5) is 0. The van der Waals surface area contributed by atoms with E-state index in [2.05, 4.69) is 6.92 Å². The van der Waals surface area contributed by atoms with Crippen molar-refractivity contribution in [2.75, 3.05) is 5.75 Å². The van der Waals surface area contributed by atoms with Crippen molar-refractivity contribution in [2.45, 2.75) is 84.0 Å². The van der Waals surface area contributed by atoms with Crippen LogP contribution in [0, 0.1) is 0 Å². The first-order valence-corrected chi connectivity index (χ1v) is 8.76. The molecule has 0 amide bonds. The van der Waals surface area contributed by atoms with Crippen molar-refractivity contribution in [2.24, 2.45) is 11.5 Å². The lowest BCUT2D eigenvalue weighted by Crippen LogP contribution is -3.00. The summed E-state index contributed by atoms with van der Waals surface area (Å²) in [5, 5.41) is 0.512. The van der Waals surface area contributed by atoms with E-state index in [4.69, 9.17) is 11.5 Å².